The molecule has 0 saturated heterocycles. The van der Waals surface area contributed by atoms with Crippen molar-refractivity contribution in [1.29, 1.82) is 0 Å². The second-order valence-electron chi connectivity index (χ2n) is 9.29. The Morgan fingerprint density at radius 3 is 2.21 bits per heavy atom. The van der Waals surface area contributed by atoms with Gasteiger partial charge in [0.05, 0.1) is 10.6 Å². The van der Waals surface area contributed by atoms with Gasteiger partial charge in [-0.25, -0.2) is 12.8 Å². The molecule has 0 spiro atoms. The van der Waals surface area contributed by atoms with Gasteiger partial charge in [0, 0.05) is 13.1 Å². The van der Waals surface area contributed by atoms with Crippen LogP contribution >= 0.6 is 0 Å². The highest BCUT2D eigenvalue weighted by Gasteiger charge is 2.34. The largest absolute Gasteiger partial charge is 0.354 e. The number of amides is 2. The van der Waals surface area contributed by atoms with E-state index in [-0.39, 0.29) is 23.0 Å². The van der Waals surface area contributed by atoms with Gasteiger partial charge in [0.25, 0.3) is 10.0 Å². The molecule has 2 amide bonds. The van der Waals surface area contributed by atoms with Gasteiger partial charge in [0.2, 0.25) is 11.8 Å². The van der Waals surface area contributed by atoms with Crippen molar-refractivity contribution in [2.24, 2.45) is 0 Å². The zero-order chi connectivity index (χ0) is 28.4. The molecule has 0 aliphatic rings. The van der Waals surface area contributed by atoms with Gasteiger partial charge in [0.15, 0.2) is 0 Å². The summed E-state index contributed by atoms with van der Waals surface area (Å²) in [5, 5.41) is 2.90. The number of aryl methyl sites for hydroxylation is 1. The molecular formula is C30H36FN3O4S. The van der Waals surface area contributed by atoms with Crippen molar-refractivity contribution in [1.82, 2.24) is 10.2 Å². The number of carbonyl (C=O) groups excluding carboxylic acids is 2. The second-order valence-corrected chi connectivity index (χ2v) is 11.2. The van der Waals surface area contributed by atoms with Gasteiger partial charge < -0.3 is 10.2 Å². The molecule has 1 N–H and O–H groups in total. The molecule has 0 aliphatic carbocycles. The van der Waals surface area contributed by atoms with Crippen LogP contribution in [0.1, 0.15) is 44.2 Å². The molecule has 208 valence electrons. The zero-order valence-electron chi connectivity index (χ0n) is 22.6. The van der Waals surface area contributed by atoms with E-state index in [0.29, 0.717) is 13.0 Å². The van der Waals surface area contributed by atoms with Gasteiger partial charge >= 0.3 is 0 Å². The van der Waals surface area contributed by atoms with E-state index < -0.39 is 34.3 Å². The van der Waals surface area contributed by atoms with Gasteiger partial charge in [0.1, 0.15) is 18.4 Å². The Bertz CT molecular complexity index is 1370. The third-order valence-corrected chi connectivity index (χ3v) is 8.32. The minimum Gasteiger partial charge on any atom is -0.354 e. The quantitative estimate of drug-likeness (QED) is 0.300. The molecule has 3 aromatic rings. The van der Waals surface area contributed by atoms with Crippen molar-refractivity contribution < 1.29 is 22.4 Å². The number of nitrogens with zero attached hydrogens (tertiary/aromatic N) is 2. The number of anilines is 1. The Balaban J connectivity index is 2.04. The minimum atomic E-state index is -4.31. The molecule has 9 heteroatoms. The molecule has 0 unspecified atom stereocenters. The third kappa shape index (κ3) is 7.44. The molecule has 7 nitrogen and oxygen atoms in total. The Morgan fingerprint density at radius 2 is 1.56 bits per heavy atom. The predicted octanol–water partition coefficient (Wildman–Crippen LogP) is 5.05. The molecule has 0 fully saturated rings. The lowest BCUT2D eigenvalue weighted by molar-refractivity contribution is -0.140. The summed E-state index contributed by atoms with van der Waals surface area (Å²) in [6, 6.07) is 19.7. The summed E-state index contributed by atoms with van der Waals surface area (Å²) in [5.41, 5.74) is 1.51. The van der Waals surface area contributed by atoms with Crippen molar-refractivity contribution in [3.8, 4) is 0 Å². The van der Waals surface area contributed by atoms with Crippen LogP contribution in [0.25, 0.3) is 0 Å². The van der Waals surface area contributed by atoms with E-state index in [2.05, 4.69) is 5.32 Å². The first-order valence-corrected chi connectivity index (χ1v) is 14.6. The van der Waals surface area contributed by atoms with Crippen LogP contribution in [0.4, 0.5) is 10.1 Å². The van der Waals surface area contributed by atoms with Crippen molar-refractivity contribution in [2.45, 2.75) is 57.5 Å². The van der Waals surface area contributed by atoms with Crippen molar-refractivity contribution >= 4 is 27.5 Å². The van der Waals surface area contributed by atoms with Crippen LogP contribution in [0.5, 0.6) is 0 Å². The average molecular weight is 554 g/mol. The Kier molecular flexibility index (Phi) is 10.6. The van der Waals surface area contributed by atoms with Crippen LogP contribution in [0.15, 0.2) is 83.8 Å². The maximum atomic E-state index is 15.0. The fourth-order valence-electron chi connectivity index (χ4n) is 4.28. The highest BCUT2D eigenvalue weighted by Crippen LogP contribution is 2.27. The lowest BCUT2D eigenvalue weighted by Gasteiger charge is -2.33. The van der Waals surface area contributed by atoms with Gasteiger partial charge in [-0.3, -0.25) is 13.9 Å². The van der Waals surface area contributed by atoms with Crippen molar-refractivity contribution in [3.05, 3.63) is 95.8 Å². The number of halogens is 1. The van der Waals surface area contributed by atoms with E-state index in [0.717, 1.165) is 34.3 Å². The topological polar surface area (TPSA) is 86.8 Å². The first-order valence-electron chi connectivity index (χ1n) is 13.1. The molecule has 0 saturated carbocycles. The number of hydrogen-bond acceptors (Lipinski definition) is 4. The van der Waals surface area contributed by atoms with Gasteiger partial charge in [-0.1, -0.05) is 74.9 Å². The monoisotopic (exact) mass is 553 g/mol. The molecule has 3 aromatic carbocycles. The summed E-state index contributed by atoms with van der Waals surface area (Å²) in [6.45, 7) is 5.62. The predicted molar refractivity (Wildman–Crippen MR) is 151 cm³/mol. The highest BCUT2D eigenvalue weighted by molar-refractivity contribution is 7.92. The van der Waals surface area contributed by atoms with Crippen LogP contribution < -0.4 is 9.62 Å². The standard InChI is InChI=1S/C30H36FN3O4S/c1-4-6-20-32-30(36)27(5-2)33(21-24-15-11-10-14-23(24)3)29(35)22-34(28-19-13-12-18-26(28)31)39(37,38)25-16-8-7-9-17-25/h7-19,27H,4-6,20-22H2,1-3H3,(H,32,36)/t27-/m0/s1. The fourth-order valence-corrected chi connectivity index (χ4v) is 5.73. The maximum Gasteiger partial charge on any atom is 0.264 e. The van der Waals surface area contributed by atoms with Crippen LogP contribution in [-0.2, 0) is 26.2 Å². The summed E-state index contributed by atoms with van der Waals surface area (Å²) in [5.74, 6) is -1.70. The first-order chi connectivity index (χ1) is 18.7. The lowest BCUT2D eigenvalue weighted by atomic mass is 10.1. The summed E-state index contributed by atoms with van der Waals surface area (Å²) in [6.07, 6.45) is 2.02. The molecule has 0 aromatic heterocycles. The lowest BCUT2D eigenvalue weighted by Crippen LogP contribution is -2.52. The molecular weight excluding hydrogens is 517 g/mol. The van der Waals surface area contributed by atoms with Gasteiger partial charge in [-0.2, -0.15) is 0 Å². The minimum absolute atomic E-state index is 0.0733. The molecule has 0 aliphatic heterocycles. The van der Waals surface area contributed by atoms with Crippen LogP contribution in [0.3, 0.4) is 0 Å². The number of benzene rings is 3. The van der Waals surface area contributed by atoms with E-state index in [9.17, 15) is 22.4 Å². The summed E-state index contributed by atoms with van der Waals surface area (Å²) in [7, 11) is -4.31. The number of carbonyl (C=O) groups is 2. The van der Waals surface area contributed by atoms with Crippen molar-refractivity contribution in [2.75, 3.05) is 17.4 Å². The summed E-state index contributed by atoms with van der Waals surface area (Å²) in [4.78, 5) is 28.5. The molecule has 0 bridgehead atoms. The number of hydrogen-bond donors (Lipinski definition) is 1. The smallest absolute Gasteiger partial charge is 0.264 e. The van der Waals surface area contributed by atoms with Crippen LogP contribution in [0, 0.1) is 12.7 Å². The average Bonchev–Trinajstić information content (AvgIpc) is 2.93. The van der Waals surface area contributed by atoms with Gasteiger partial charge in [-0.05, 0) is 55.2 Å². The van der Waals surface area contributed by atoms with E-state index in [1.165, 1.54) is 35.2 Å². The third-order valence-electron chi connectivity index (χ3n) is 6.55. The van der Waals surface area contributed by atoms with Crippen molar-refractivity contribution in [3.63, 3.8) is 0 Å². The summed E-state index contributed by atoms with van der Waals surface area (Å²) < 4.78 is 43.2. The van der Waals surface area contributed by atoms with E-state index in [1.807, 2.05) is 38.1 Å². The second kappa shape index (κ2) is 13.9. The molecule has 1 atom stereocenters. The number of para-hydroxylation sites is 1. The Morgan fingerprint density at radius 1 is 0.923 bits per heavy atom. The molecule has 0 heterocycles. The van der Waals surface area contributed by atoms with E-state index in [1.54, 1.807) is 25.1 Å². The number of nitrogens with one attached hydrogen (secondary N) is 1. The first kappa shape index (κ1) is 29.8. The van der Waals surface area contributed by atoms with Crippen LogP contribution in [-0.4, -0.2) is 44.3 Å². The normalized spacial score (nSPS) is 12.0. The highest BCUT2D eigenvalue weighted by atomic mass is 32.2. The van der Waals surface area contributed by atoms with Gasteiger partial charge in [-0.15, -0.1) is 0 Å². The number of unbranched alkanes of at least 4 members (excludes halogenated alkanes) is 1. The maximum absolute atomic E-state index is 15.0. The SMILES string of the molecule is CCCCNC(=O)[C@H](CC)N(Cc1ccccc1C)C(=O)CN(c1ccccc1F)S(=O)(=O)c1ccccc1. The van der Waals surface area contributed by atoms with Crippen LogP contribution in [0.2, 0.25) is 0 Å². The zero-order valence-corrected chi connectivity index (χ0v) is 23.5. The summed E-state index contributed by atoms with van der Waals surface area (Å²) >= 11 is 0. The Labute approximate surface area is 230 Å². The molecule has 0 radical (unpaired) electrons. The number of sulfonamides is 1. The molecule has 39 heavy (non-hydrogen) atoms. The number of rotatable bonds is 13. The molecule has 3 rings (SSSR count). The Hall–Kier alpha value is -3.72. The fraction of sp³-hybridized carbons (Fsp3) is 0.333. The van der Waals surface area contributed by atoms with E-state index in [4.69, 9.17) is 0 Å². The van der Waals surface area contributed by atoms with E-state index >= 15 is 0 Å².